The summed E-state index contributed by atoms with van der Waals surface area (Å²) in [5, 5.41) is 0. The molecule has 2 unspecified atom stereocenters. The number of benzene rings is 3. The van der Waals surface area contributed by atoms with E-state index in [1.165, 1.54) is 22.3 Å². The SMILES string of the molecule is COc1cc2c(cc1OC)C(CC(c1ccccc1)c1ccccc1)N(C1(C=O)C=CC=CC1)CC2. The quantitative estimate of drug-likeness (QED) is 0.357. The van der Waals surface area contributed by atoms with Gasteiger partial charge in [0.15, 0.2) is 11.5 Å². The van der Waals surface area contributed by atoms with Gasteiger partial charge in [-0.2, -0.15) is 0 Å². The average Bonchev–Trinajstić information content (AvgIpc) is 2.96. The van der Waals surface area contributed by atoms with Gasteiger partial charge < -0.3 is 14.3 Å². The monoisotopic (exact) mass is 479 g/mol. The van der Waals surface area contributed by atoms with E-state index in [1.807, 2.05) is 12.2 Å². The molecular formula is C32H33NO3. The Balaban J connectivity index is 1.65. The summed E-state index contributed by atoms with van der Waals surface area (Å²) in [7, 11) is 3.36. The molecule has 0 saturated heterocycles. The number of carbonyl (C=O) groups excluding carboxylic acids is 1. The minimum absolute atomic E-state index is 0.0142. The first-order chi connectivity index (χ1) is 17.7. The van der Waals surface area contributed by atoms with Crippen molar-refractivity contribution in [2.24, 2.45) is 0 Å². The van der Waals surface area contributed by atoms with Crippen LogP contribution in [0.4, 0.5) is 0 Å². The van der Waals surface area contributed by atoms with Crippen LogP contribution in [0.25, 0.3) is 0 Å². The first-order valence-electron chi connectivity index (χ1n) is 12.6. The van der Waals surface area contributed by atoms with E-state index in [0.29, 0.717) is 6.42 Å². The van der Waals surface area contributed by atoms with E-state index in [1.54, 1.807) is 14.2 Å². The largest absolute Gasteiger partial charge is 0.493 e. The van der Waals surface area contributed by atoms with Crippen molar-refractivity contribution >= 4 is 6.29 Å². The number of fused-ring (bicyclic) bond motifs is 1. The van der Waals surface area contributed by atoms with Crippen molar-refractivity contribution < 1.29 is 14.3 Å². The molecule has 4 heteroatoms. The van der Waals surface area contributed by atoms with Gasteiger partial charge in [0.2, 0.25) is 0 Å². The molecule has 36 heavy (non-hydrogen) atoms. The highest BCUT2D eigenvalue weighted by Crippen LogP contribution is 2.46. The fourth-order valence-corrected chi connectivity index (χ4v) is 5.83. The number of hydrogen-bond acceptors (Lipinski definition) is 4. The van der Waals surface area contributed by atoms with Gasteiger partial charge in [0.05, 0.1) is 19.8 Å². The van der Waals surface area contributed by atoms with E-state index in [0.717, 1.165) is 37.2 Å². The van der Waals surface area contributed by atoms with Gasteiger partial charge >= 0.3 is 0 Å². The molecule has 1 aliphatic carbocycles. The molecule has 0 N–H and O–H groups in total. The third-order valence-corrected chi connectivity index (χ3v) is 7.68. The topological polar surface area (TPSA) is 38.8 Å². The van der Waals surface area contributed by atoms with E-state index < -0.39 is 5.54 Å². The predicted octanol–water partition coefficient (Wildman–Crippen LogP) is 6.28. The Morgan fingerprint density at radius 2 is 1.58 bits per heavy atom. The van der Waals surface area contributed by atoms with E-state index in [-0.39, 0.29) is 12.0 Å². The van der Waals surface area contributed by atoms with Gasteiger partial charge in [-0.05, 0) is 53.6 Å². The minimum atomic E-state index is -0.664. The summed E-state index contributed by atoms with van der Waals surface area (Å²) in [5.41, 5.74) is 4.35. The maximum Gasteiger partial charge on any atom is 0.161 e. The van der Waals surface area contributed by atoms with Crippen molar-refractivity contribution in [3.63, 3.8) is 0 Å². The summed E-state index contributed by atoms with van der Waals surface area (Å²) < 4.78 is 11.3. The molecule has 0 radical (unpaired) electrons. The van der Waals surface area contributed by atoms with Gasteiger partial charge in [0, 0.05) is 18.5 Å². The molecule has 3 aromatic carbocycles. The molecule has 1 heterocycles. The maximum absolute atomic E-state index is 12.7. The first-order valence-corrected chi connectivity index (χ1v) is 12.6. The van der Waals surface area contributed by atoms with Gasteiger partial charge in [-0.1, -0.05) is 85.0 Å². The lowest BCUT2D eigenvalue weighted by Gasteiger charge is -2.48. The van der Waals surface area contributed by atoms with Gasteiger partial charge in [-0.3, -0.25) is 4.90 Å². The lowest BCUT2D eigenvalue weighted by Crippen LogP contribution is -2.53. The number of allylic oxidation sites excluding steroid dienone is 2. The molecular weight excluding hydrogens is 446 g/mol. The Morgan fingerprint density at radius 1 is 0.944 bits per heavy atom. The van der Waals surface area contributed by atoms with E-state index in [9.17, 15) is 4.79 Å². The number of nitrogens with zero attached hydrogens (tertiary/aromatic N) is 1. The van der Waals surface area contributed by atoms with E-state index in [2.05, 4.69) is 89.8 Å². The van der Waals surface area contributed by atoms with Gasteiger partial charge in [0.25, 0.3) is 0 Å². The van der Waals surface area contributed by atoms with Crippen molar-refractivity contribution in [3.05, 3.63) is 119 Å². The molecule has 0 spiro atoms. The second-order valence-corrected chi connectivity index (χ2v) is 9.58. The van der Waals surface area contributed by atoms with Gasteiger partial charge in [-0.15, -0.1) is 0 Å². The van der Waals surface area contributed by atoms with Crippen LogP contribution in [0.2, 0.25) is 0 Å². The molecule has 0 bridgehead atoms. The van der Waals surface area contributed by atoms with Crippen molar-refractivity contribution in [1.29, 1.82) is 0 Å². The fraction of sp³-hybridized carbons (Fsp3) is 0.281. The van der Waals surface area contributed by atoms with Crippen molar-refractivity contribution in [2.45, 2.75) is 36.8 Å². The molecule has 184 valence electrons. The Bertz CT molecular complexity index is 1210. The molecule has 2 atom stereocenters. The van der Waals surface area contributed by atoms with E-state index >= 15 is 0 Å². The molecule has 0 aromatic heterocycles. The predicted molar refractivity (Wildman–Crippen MR) is 144 cm³/mol. The van der Waals surface area contributed by atoms with Crippen LogP contribution in [0.1, 0.15) is 47.1 Å². The smallest absolute Gasteiger partial charge is 0.161 e. The van der Waals surface area contributed by atoms with Crippen molar-refractivity contribution in [2.75, 3.05) is 20.8 Å². The second kappa shape index (κ2) is 10.5. The van der Waals surface area contributed by atoms with Crippen molar-refractivity contribution in [1.82, 2.24) is 4.90 Å². The summed E-state index contributed by atoms with van der Waals surface area (Å²) in [6.07, 6.45) is 11.7. The highest BCUT2D eigenvalue weighted by Gasteiger charge is 2.43. The summed E-state index contributed by atoms with van der Waals surface area (Å²) in [6, 6.07) is 25.6. The lowest BCUT2D eigenvalue weighted by atomic mass is 9.77. The van der Waals surface area contributed by atoms with Crippen LogP contribution in [0.3, 0.4) is 0 Å². The summed E-state index contributed by atoms with van der Waals surface area (Å²) in [6.45, 7) is 0.792. The maximum atomic E-state index is 12.7. The molecule has 0 fully saturated rings. The van der Waals surface area contributed by atoms with Gasteiger partial charge in [0.1, 0.15) is 6.29 Å². The summed E-state index contributed by atoms with van der Waals surface area (Å²) in [4.78, 5) is 15.1. The molecule has 0 saturated carbocycles. The fourth-order valence-electron chi connectivity index (χ4n) is 5.83. The van der Waals surface area contributed by atoms with Crippen LogP contribution in [0.15, 0.2) is 97.1 Å². The number of carbonyl (C=O) groups is 1. The Kier molecular flexibility index (Phi) is 7.06. The number of methoxy groups -OCH3 is 2. The number of rotatable bonds is 8. The molecule has 1 aliphatic heterocycles. The first kappa shape index (κ1) is 24.1. The zero-order chi connectivity index (χ0) is 25.0. The molecule has 2 aliphatic rings. The number of aldehydes is 1. The normalized spacial score (nSPS) is 21.2. The summed E-state index contributed by atoms with van der Waals surface area (Å²) >= 11 is 0. The third kappa shape index (κ3) is 4.49. The molecule has 5 rings (SSSR count). The van der Waals surface area contributed by atoms with Crippen LogP contribution in [0, 0.1) is 0 Å². The van der Waals surface area contributed by atoms with Crippen LogP contribution in [0.5, 0.6) is 11.5 Å². The van der Waals surface area contributed by atoms with Crippen LogP contribution in [-0.4, -0.2) is 37.5 Å². The zero-order valence-corrected chi connectivity index (χ0v) is 21.0. The van der Waals surface area contributed by atoms with E-state index in [4.69, 9.17) is 9.47 Å². The Morgan fingerprint density at radius 3 is 2.14 bits per heavy atom. The number of hydrogen-bond donors (Lipinski definition) is 0. The molecule has 3 aromatic rings. The standard InChI is InChI=1S/C32H33NO3/c1-35-30-20-26-16-19-33(32(23-34)17-10-5-11-18-32)29(28(26)22-31(30)36-2)21-27(24-12-6-3-7-13-24)25-14-8-4-9-15-25/h3-15,17,20,22-23,27,29H,16,18-19,21H2,1-2H3. The number of ether oxygens (including phenoxy) is 2. The lowest BCUT2D eigenvalue weighted by molar-refractivity contribution is -0.118. The average molecular weight is 480 g/mol. The Hall–Kier alpha value is -3.63. The van der Waals surface area contributed by atoms with Crippen LogP contribution < -0.4 is 9.47 Å². The molecule has 4 nitrogen and oxygen atoms in total. The highest BCUT2D eigenvalue weighted by atomic mass is 16.5. The van der Waals surface area contributed by atoms with Gasteiger partial charge in [-0.25, -0.2) is 0 Å². The Labute approximate surface area is 213 Å². The molecule has 0 amide bonds. The van der Waals surface area contributed by atoms with Crippen LogP contribution >= 0.6 is 0 Å². The zero-order valence-electron chi connectivity index (χ0n) is 21.0. The second-order valence-electron chi connectivity index (χ2n) is 9.58. The van der Waals surface area contributed by atoms with Crippen LogP contribution in [-0.2, 0) is 11.2 Å². The third-order valence-electron chi connectivity index (χ3n) is 7.68. The highest BCUT2D eigenvalue weighted by molar-refractivity contribution is 5.70. The summed E-state index contributed by atoms with van der Waals surface area (Å²) in [5.74, 6) is 1.64. The minimum Gasteiger partial charge on any atom is -0.493 e. The van der Waals surface area contributed by atoms with Crippen molar-refractivity contribution in [3.8, 4) is 11.5 Å².